The minimum atomic E-state index is 0.250. The molecule has 2 aromatic heterocycles. The quantitative estimate of drug-likeness (QED) is 0.177. The van der Waals surface area contributed by atoms with Crippen LogP contribution >= 0.6 is 0 Å². The standard InChI is InChI=1S/C34H33N5O4/c1-2-3-15-39-28(33(27-18-35-13-14-36-27)37-34(39)26-7-5-4-6-8-26)21-38(19-24-9-11-29-31(16-24)42-22-40-29)20-25-10-12-30-32(17-25)43-23-41-30/h4-14,16-18H,2-3,15,19-23H2,1H3. The van der Waals surface area contributed by atoms with Gasteiger partial charge in [-0.05, 0) is 41.8 Å². The predicted molar refractivity (Wildman–Crippen MR) is 162 cm³/mol. The SMILES string of the molecule is CCCCn1c(-c2ccccc2)nc(-c2cnccn2)c1CN(Cc1ccc2c(c1)OCO2)Cc1ccc2c(c1)OCO2. The number of nitrogens with zero attached hydrogens (tertiary/aromatic N) is 5. The summed E-state index contributed by atoms with van der Waals surface area (Å²) in [6.07, 6.45) is 7.33. The monoisotopic (exact) mass is 575 g/mol. The fraction of sp³-hybridized carbons (Fsp3) is 0.265. The Morgan fingerprint density at radius 2 is 1.44 bits per heavy atom. The van der Waals surface area contributed by atoms with Crippen molar-refractivity contribution in [3.63, 3.8) is 0 Å². The maximum absolute atomic E-state index is 5.70. The highest BCUT2D eigenvalue weighted by Gasteiger charge is 2.24. The zero-order valence-corrected chi connectivity index (χ0v) is 24.1. The minimum Gasteiger partial charge on any atom is -0.454 e. The Kier molecular flexibility index (Phi) is 7.62. The molecule has 5 aromatic rings. The summed E-state index contributed by atoms with van der Waals surface area (Å²) < 4.78 is 24.9. The summed E-state index contributed by atoms with van der Waals surface area (Å²) in [5.74, 6) is 4.05. The van der Waals surface area contributed by atoms with E-state index in [2.05, 4.69) is 74.9 Å². The summed E-state index contributed by atoms with van der Waals surface area (Å²) in [6.45, 7) is 5.58. The first-order valence-electron chi connectivity index (χ1n) is 14.7. The first kappa shape index (κ1) is 27.0. The normalized spacial score (nSPS) is 13.2. The second-order valence-electron chi connectivity index (χ2n) is 10.7. The molecule has 7 rings (SSSR count). The molecule has 0 bridgehead atoms. The lowest BCUT2D eigenvalue weighted by Gasteiger charge is -2.25. The topological polar surface area (TPSA) is 83.8 Å². The highest BCUT2D eigenvalue weighted by atomic mass is 16.7. The maximum Gasteiger partial charge on any atom is 0.231 e. The van der Waals surface area contributed by atoms with Crippen LogP contribution in [0.4, 0.5) is 0 Å². The molecule has 0 spiro atoms. The van der Waals surface area contributed by atoms with Gasteiger partial charge in [0.25, 0.3) is 0 Å². The Bertz CT molecular complexity index is 1650. The number of rotatable bonds is 11. The zero-order valence-electron chi connectivity index (χ0n) is 24.1. The van der Waals surface area contributed by atoms with Crippen LogP contribution in [-0.2, 0) is 26.2 Å². The Labute approximate surface area is 250 Å². The van der Waals surface area contributed by atoms with E-state index < -0.39 is 0 Å². The number of hydrogen-bond donors (Lipinski definition) is 0. The van der Waals surface area contributed by atoms with Gasteiger partial charge in [-0.3, -0.25) is 14.9 Å². The van der Waals surface area contributed by atoms with Crippen LogP contribution in [0.5, 0.6) is 23.0 Å². The number of aromatic nitrogens is 4. The van der Waals surface area contributed by atoms with E-state index >= 15 is 0 Å². The van der Waals surface area contributed by atoms with Gasteiger partial charge in [-0.2, -0.15) is 0 Å². The van der Waals surface area contributed by atoms with Gasteiger partial charge in [0.2, 0.25) is 13.6 Å². The molecule has 2 aliphatic rings. The first-order valence-corrected chi connectivity index (χ1v) is 14.7. The lowest BCUT2D eigenvalue weighted by atomic mass is 10.1. The van der Waals surface area contributed by atoms with E-state index in [0.717, 1.165) is 82.0 Å². The van der Waals surface area contributed by atoms with Crippen LogP contribution in [0.25, 0.3) is 22.8 Å². The van der Waals surface area contributed by atoms with Crippen LogP contribution in [0.2, 0.25) is 0 Å². The molecule has 218 valence electrons. The molecule has 0 N–H and O–H groups in total. The molecule has 0 saturated carbocycles. The molecule has 0 aliphatic carbocycles. The van der Waals surface area contributed by atoms with E-state index in [1.807, 2.05) is 18.2 Å². The van der Waals surface area contributed by atoms with Gasteiger partial charge >= 0.3 is 0 Å². The van der Waals surface area contributed by atoms with E-state index in [-0.39, 0.29) is 13.6 Å². The van der Waals surface area contributed by atoms with Crippen LogP contribution in [0, 0.1) is 0 Å². The van der Waals surface area contributed by atoms with Gasteiger partial charge in [0.15, 0.2) is 23.0 Å². The third-order valence-electron chi connectivity index (χ3n) is 7.71. The van der Waals surface area contributed by atoms with Crippen molar-refractivity contribution in [2.75, 3.05) is 13.6 Å². The summed E-state index contributed by atoms with van der Waals surface area (Å²) in [5, 5.41) is 0. The van der Waals surface area contributed by atoms with E-state index in [1.165, 1.54) is 0 Å². The molecule has 0 amide bonds. The van der Waals surface area contributed by atoms with Crippen molar-refractivity contribution in [2.45, 2.75) is 45.9 Å². The van der Waals surface area contributed by atoms with Crippen molar-refractivity contribution in [1.82, 2.24) is 24.4 Å². The summed E-state index contributed by atoms with van der Waals surface area (Å²) in [5.41, 5.74) is 6.06. The van der Waals surface area contributed by atoms with Gasteiger partial charge in [0.1, 0.15) is 17.2 Å². The van der Waals surface area contributed by atoms with Gasteiger partial charge in [-0.15, -0.1) is 0 Å². The van der Waals surface area contributed by atoms with Gasteiger partial charge in [0, 0.05) is 44.1 Å². The number of ether oxygens (including phenoxy) is 4. The number of unbranched alkanes of at least 4 members (excludes halogenated alkanes) is 1. The Balaban J connectivity index is 1.31. The van der Waals surface area contributed by atoms with Gasteiger partial charge < -0.3 is 23.5 Å². The summed E-state index contributed by atoms with van der Waals surface area (Å²) in [4.78, 5) is 16.7. The molecule has 3 aromatic carbocycles. The fourth-order valence-corrected chi connectivity index (χ4v) is 5.61. The Hall–Kier alpha value is -4.89. The highest BCUT2D eigenvalue weighted by Crippen LogP contribution is 2.36. The molecule has 4 heterocycles. The van der Waals surface area contributed by atoms with E-state index in [4.69, 9.17) is 23.9 Å². The largest absolute Gasteiger partial charge is 0.454 e. The molecule has 0 unspecified atom stereocenters. The van der Waals surface area contributed by atoms with Gasteiger partial charge in [-0.25, -0.2) is 4.98 Å². The molecule has 2 aliphatic heterocycles. The molecular formula is C34H33N5O4. The van der Waals surface area contributed by atoms with E-state index in [0.29, 0.717) is 19.6 Å². The number of fused-ring (bicyclic) bond motifs is 2. The number of benzene rings is 3. The van der Waals surface area contributed by atoms with Gasteiger partial charge in [0.05, 0.1) is 11.9 Å². The van der Waals surface area contributed by atoms with Crippen molar-refractivity contribution >= 4 is 0 Å². The molecule has 43 heavy (non-hydrogen) atoms. The predicted octanol–water partition coefficient (Wildman–Crippen LogP) is 6.47. The Morgan fingerprint density at radius 1 is 0.767 bits per heavy atom. The second kappa shape index (κ2) is 12.1. The molecule has 0 saturated heterocycles. The third-order valence-corrected chi connectivity index (χ3v) is 7.71. The summed E-state index contributed by atoms with van der Waals surface area (Å²) in [6, 6.07) is 22.7. The fourth-order valence-electron chi connectivity index (χ4n) is 5.61. The molecule has 9 heteroatoms. The van der Waals surface area contributed by atoms with E-state index in [9.17, 15) is 0 Å². The molecule has 0 fully saturated rings. The molecule has 0 radical (unpaired) electrons. The summed E-state index contributed by atoms with van der Waals surface area (Å²) in [7, 11) is 0. The van der Waals surface area contributed by atoms with Crippen LogP contribution in [0.3, 0.4) is 0 Å². The molecular weight excluding hydrogens is 542 g/mol. The van der Waals surface area contributed by atoms with E-state index in [1.54, 1.807) is 18.6 Å². The summed E-state index contributed by atoms with van der Waals surface area (Å²) >= 11 is 0. The molecule has 9 nitrogen and oxygen atoms in total. The minimum absolute atomic E-state index is 0.250. The van der Waals surface area contributed by atoms with Crippen LogP contribution in [0.15, 0.2) is 85.3 Å². The van der Waals surface area contributed by atoms with Gasteiger partial charge in [-0.1, -0.05) is 55.8 Å². The lowest BCUT2D eigenvalue weighted by Crippen LogP contribution is -2.24. The first-order chi connectivity index (χ1) is 21.2. The zero-order chi connectivity index (χ0) is 29.0. The van der Waals surface area contributed by atoms with Crippen molar-refractivity contribution < 1.29 is 18.9 Å². The van der Waals surface area contributed by atoms with Crippen LogP contribution < -0.4 is 18.9 Å². The van der Waals surface area contributed by atoms with Crippen LogP contribution in [-0.4, -0.2) is 38.0 Å². The van der Waals surface area contributed by atoms with Crippen molar-refractivity contribution in [3.05, 3.63) is 102 Å². The average Bonchev–Trinajstić information content (AvgIpc) is 3.79. The average molecular weight is 576 g/mol. The number of imidazole rings is 1. The van der Waals surface area contributed by atoms with Crippen molar-refractivity contribution in [1.29, 1.82) is 0 Å². The second-order valence-corrected chi connectivity index (χ2v) is 10.7. The lowest BCUT2D eigenvalue weighted by molar-refractivity contribution is 0.173. The molecule has 0 atom stereocenters. The smallest absolute Gasteiger partial charge is 0.231 e. The van der Waals surface area contributed by atoms with Crippen molar-refractivity contribution in [3.8, 4) is 45.8 Å². The number of hydrogen-bond acceptors (Lipinski definition) is 8. The third kappa shape index (κ3) is 5.76. The van der Waals surface area contributed by atoms with Crippen molar-refractivity contribution in [2.24, 2.45) is 0 Å². The Morgan fingerprint density at radius 3 is 2.07 bits per heavy atom. The van der Waals surface area contributed by atoms with Crippen LogP contribution in [0.1, 0.15) is 36.6 Å². The highest BCUT2D eigenvalue weighted by molar-refractivity contribution is 5.65. The maximum atomic E-state index is 5.70.